The Hall–Kier alpha value is -2.02. The molecule has 98 valence electrons. The number of hydrogen-bond acceptors (Lipinski definition) is 1. The van der Waals surface area contributed by atoms with Crippen LogP contribution in [0.3, 0.4) is 0 Å². The molecule has 0 N–H and O–H groups in total. The molecule has 0 amide bonds. The van der Waals surface area contributed by atoms with Crippen molar-refractivity contribution in [3.05, 3.63) is 78.4 Å². The SMILES string of the molecule is C=CC(c1ccccc1)c1ccccc1OCCC. The van der Waals surface area contributed by atoms with Gasteiger partial charge in [-0.1, -0.05) is 61.5 Å². The fraction of sp³-hybridized carbons (Fsp3) is 0.222. The largest absolute Gasteiger partial charge is 0.493 e. The standard InChI is InChI=1S/C18H20O/c1-3-14-19-18-13-9-8-12-17(18)16(4-2)15-10-6-5-7-11-15/h4-13,16H,2-3,14H2,1H3. The Bertz CT molecular complexity index is 516. The third kappa shape index (κ3) is 3.25. The van der Waals surface area contributed by atoms with Gasteiger partial charge in [-0.2, -0.15) is 0 Å². The highest BCUT2D eigenvalue weighted by Gasteiger charge is 2.14. The molecule has 0 aliphatic heterocycles. The summed E-state index contributed by atoms with van der Waals surface area (Å²) in [4.78, 5) is 0. The summed E-state index contributed by atoms with van der Waals surface area (Å²) >= 11 is 0. The van der Waals surface area contributed by atoms with E-state index in [4.69, 9.17) is 4.74 Å². The van der Waals surface area contributed by atoms with Gasteiger partial charge < -0.3 is 4.74 Å². The molecule has 1 atom stereocenters. The fourth-order valence-electron chi connectivity index (χ4n) is 2.18. The molecule has 2 rings (SSSR count). The molecule has 19 heavy (non-hydrogen) atoms. The minimum atomic E-state index is 0.175. The highest BCUT2D eigenvalue weighted by Crippen LogP contribution is 2.32. The summed E-state index contributed by atoms with van der Waals surface area (Å²) in [5.41, 5.74) is 2.42. The van der Waals surface area contributed by atoms with Gasteiger partial charge in [-0.3, -0.25) is 0 Å². The van der Waals surface area contributed by atoms with Crippen molar-refractivity contribution in [3.8, 4) is 5.75 Å². The average molecular weight is 252 g/mol. The van der Waals surface area contributed by atoms with Gasteiger partial charge >= 0.3 is 0 Å². The van der Waals surface area contributed by atoms with Crippen molar-refractivity contribution in [3.63, 3.8) is 0 Å². The Morgan fingerprint density at radius 1 is 1.05 bits per heavy atom. The maximum absolute atomic E-state index is 5.84. The van der Waals surface area contributed by atoms with E-state index in [0.717, 1.165) is 18.8 Å². The molecule has 2 aromatic rings. The minimum absolute atomic E-state index is 0.175. The fourth-order valence-corrected chi connectivity index (χ4v) is 2.18. The van der Waals surface area contributed by atoms with Gasteiger partial charge in [0.1, 0.15) is 5.75 Å². The van der Waals surface area contributed by atoms with Gasteiger partial charge in [-0.05, 0) is 18.1 Å². The summed E-state index contributed by atoms with van der Waals surface area (Å²) < 4.78 is 5.84. The molecule has 0 saturated carbocycles. The number of para-hydroxylation sites is 1. The molecule has 0 bridgehead atoms. The monoisotopic (exact) mass is 252 g/mol. The van der Waals surface area contributed by atoms with Crippen LogP contribution in [0.5, 0.6) is 5.75 Å². The van der Waals surface area contributed by atoms with Crippen molar-refractivity contribution in [2.45, 2.75) is 19.3 Å². The van der Waals surface area contributed by atoms with Crippen molar-refractivity contribution in [1.29, 1.82) is 0 Å². The molecule has 1 heteroatoms. The maximum Gasteiger partial charge on any atom is 0.123 e. The third-order valence-electron chi connectivity index (χ3n) is 3.11. The third-order valence-corrected chi connectivity index (χ3v) is 3.11. The zero-order chi connectivity index (χ0) is 13.5. The van der Waals surface area contributed by atoms with E-state index in [1.54, 1.807) is 0 Å². The summed E-state index contributed by atoms with van der Waals surface area (Å²) in [5.74, 6) is 1.13. The molecule has 1 unspecified atom stereocenters. The minimum Gasteiger partial charge on any atom is -0.493 e. The molecule has 0 aliphatic rings. The molecule has 2 aromatic carbocycles. The molecule has 1 nitrogen and oxygen atoms in total. The summed E-state index contributed by atoms with van der Waals surface area (Å²) in [6.07, 6.45) is 2.99. The van der Waals surface area contributed by atoms with Crippen LogP contribution in [0.4, 0.5) is 0 Å². The Kier molecular flexibility index (Phi) is 4.79. The first-order valence-corrected chi connectivity index (χ1v) is 6.76. The predicted octanol–water partition coefficient (Wildman–Crippen LogP) is 4.79. The first kappa shape index (κ1) is 13.4. The van der Waals surface area contributed by atoms with Crippen LogP contribution in [-0.4, -0.2) is 6.61 Å². The highest BCUT2D eigenvalue weighted by molar-refractivity contribution is 5.44. The summed E-state index contributed by atoms with van der Waals surface area (Å²) in [7, 11) is 0. The number of rotatable bonds is 6. The van der Waals surface area contributed by atoms with Crippen molar-refractivity contribution in [2.75, 3.05) is 6.61 Å². The Morgan fingerprint density at radius 3 is 2.42 bits per heavy atom. The second-order valence-corrected chi connectivity index (χ2v) is 4.51. The summed E-state index contributed by atoms with van der Waals surface area (Å²) in [6.45, 7) is 6.84. The van der Waals surface area contributed by atoms with Gasteiger partial charge in [0.15, 0.2) is 0 Å². The molecule has 0 heterocycles. The van der Waals surface area contributed by atoms with E-state index < -0.39 is 0 Å². The zero-order valence-corrected chi connectivity index (χ0v) is 11.4. The van der Waals surface area contributed by atoms with E-state index >= 15 is 0 Å². The molecule has 0 spiro atoms. The lowest BCUT2D eigenvalue weighted by Crippen LogP contribution is -2.03. The van der Waals surface area contributed by atoms with Gasteiger partial charge in [0.25, 0.3) is 0 Å². The van der Waals surface area contributed by atoms with Crippen molar-refractivity contribution < 1.29 is 4.74 Å². The molecular weight excluding hydrogens is 232 g/mol. The molecule has 0 fully saturated rings. The first-order valence-electron chi connectivity index (χ1n) is 6.76. The van der Waals surface area contributed by atoms with Crippen LogP contribution in [0.25, 0.3) is 0 Å². The van der Waals surface area contributed by atoms with E-state index in [1.165, 1.54) is 11.1 Å². The van der Waals surface area contributed by atoms with Gasteiger partial charge in [0, 0.05) is 11.5 Å². The van der Waals surface area contributed by atoms with Crippen LogP contribution in [-0.2, 0) is 0 Å². The number of ether oxygens (including phenoxy) is 1. The summed E-state index contributed by atoms with van der Waals surface area (Å²) in [6, 6.07) is 18.6. The van der Waals surface area contributed by atoms with E-state index in [9.17, 15) is 0 Å². The van der Waals surface area contributed by atoms with Crippen molar-refractivity contribution in [1.82, 2.24) is 0 Å². The molecule has 0 aliphatic carbocycles. The van der Waals surface area contributed by atoms with Crippen LogP contribution < -0.4 is 4.74 Å². The first-order chi connectivity index (χ1) is 9.36. The van der Waals surface area contributed by atoms with E-state index in [2.05, 4.69) is 43.8 Å². The Labute approximate surface area is 115 Å². The molecular formula is C18H20O. The van der Waals surface area contributed by atoms with Gasteiger partial charge in [-0.25, -0.2) is 0 Å². The molecule has 0 saturated heterocycles. The van der Waals surface area contributed by atoms with Crippen LogP contribution in [0.2, 0.25) is 0 Å². The van der Waals surface area contributed by atoms with Crippen molar-refractivity contribution in [2.24, 2.45) is 0 Å². The predicted molar refractivity (Wildman–Crippen MR) is 80.7 cm³/mol. The number of allylic oxidation sites excluding steroid dienone is 1. The topological polar surface area (TPSA) is 9.23 Å². The van der Waals surface area contributed by atoms with E-state index in [1.807, 2.05) is 30.3 Å². The summed E-state index contributed by atoms with van der Waals surface area (Å²) in [5, 5.41) is 0. The van der Waals surface area contributed by atoms with Crippen LogP contribution in [0.1, 0.15) is 30.4 Å². The number of hydrogen-bond donors (Lipinski definition) is 0. The van der Waals surface area contributed by atoms with Gasteiger partial charge in [-0.15, -0.1) is 6.58 Å². The van der Waals surface area contributed by atoms with Crippen LogP contribution >= 0.6 is 0 Å². The molecule has 0 aromatic heterocycles. The lowest BCUT2D eigenvalue weighted by Gasteiger charge is -2.18. The maximum atomic E-state index is 5.84. The highest BCUT2D eigenvalue weighted by atomic mass is 16.5. The van der Waals surface area contributed by atoms with Gasteiger partial charge in [0.2, 0.25) is 0 Å². The quantitative estimate of drug-likeness (QED) is 0.671. The van der Waals surface area contributed by atoms with Crippen molar-refractivity contribution >= 4 is 0 Å². The lowest BCUT2D eigenvalue weighted by molar-refractivity contribution is 0.314. The Morgan fingerprint density at radius 2 is 1.74 bits per heavy atom. The van der Waals surface area contributed by atoms with E-state index in [-0.39, 0.29) is 5.92 Å². The zero-order valence-electron chi connectivity index (χ0n) is 11.4. The van der Waals surface area contributed by atoms with E-state index in [0.29, 0.717) is 0 Å². The van der Waals surface area contributed by atoms with Crippen LogP contribution in [0, 0.1) is 0 Å². The van der Waals surface area contributed by atoms with Gasteiger partial charge in [0.05, 0.1) is 6.61 Å². The average Bonchev–Trinajstić information content (AvgIpc) is 2.48. The Balaban J connectivity index is 2.35. The second kappa shape index (κ2) is 6.79. The van der Waals surface area contributed by atoms with Crippen LogP contribution in [0.15, 0.2) is 67.3 Å². The second-order valence-electron chi connectivity index (χ2n) is 4.51. The molecule has 0 radical (unpaired) electrons. The lowest BCUT2D eigenvalue weighted by atomic mass is 9.91. The smallest absolute Gasteiger partial charge is 0.123 e. The number of benzene rings is 2. The normalized spacial score (nSPS) is 11.8.